The van der Waals surface area contributed by atoms with Crippen molar-refractivity contribution in [1.82, 2.24) is 0 Å². The summed E-state index contributed by atoms with van der Waals surface area (Å²) in [6, 6.07) is 11.6. The molecule has 0 saturated carbocycles. The van der Waals surface area contributed by atoms with E-state index >= 15 is 0 Å². The van der Waals surface area contributed by atoms with E-state index < -0.39 is 11.7 Å². The lowest BCUT2D eigenvalue weighted by Gasteiger charge is -2.14. The first kappa shape index (κ1) is 16.1. The van der Waals surface area contributed by atoms with E-state index in [2.05, 4.69) is 22.0 Å². The fraction of sp³-hybridized carbons (Fsp3) is 0.294. The molecule has 0 radical (unpaired) electrons. The minimum Gasteiger partial charge on any atom is -0.166 e. The molecule has 1 atom stereocenters. The van der Waals surface area contributed by atoms with E-state index in [1.165, 1.54) is 23.3 Å². The molecule has 0 N–H and O–H groups in total. The van der Waals surface area contributed by atoms with Crippen LogP contribution in [0, 0.1) is 13.8 Å². The Bertz CT molecular complexity index is 632. The fourth-order valence-electron chi connectivity index (χ4n) is 2.17. The van der Waals surface area contributed by atoms with Crippen LogP contribution in [0.2, 0.25) is 0 Å². The molecule has 0 aliphatic carbocycles. The predicted octanol–water partition coefficient (Wildman–Crippen LogP) is 6.00. The summed E-state index contributed by atoms with van der Waals surface area (Å²) in [5, 5.41) is 0. The van der Waals surface area contributed by atoms with Gasteiger partial charge in [-0.3, -0.25) is 0 Å². The van der Waals surface area contributed by atoms with Crippen LogP contribution in [0.3, 0.4) is 0 Å². The Morgan fingerprint density at radius 1 is 1.00 bits per heavy atom. The van der Waals surface area contributed by atoms with Crippen LogP contribution in [0.25, 0.3) is 0 Å². The maximum absolute atomic E-state index is 12.7. The van der Waals surface area contributed by atoms with Crippen LogP contribution in [0.5, 0.6) is 0 Å². The first-order valence-corrected chi connectivity index (χ1v) is 7.56. The van der Waals surface area contributed by atoms with Crippen LogP contribution in [-0.2, 0) is 12.6 Å². The highest BCUT2D eigenvalue weighted by Gasteiger charge is 2.30. The van der Waals surface area contributed by atoms with Gasteiger partial charge in [0.05, 0.1) is 5.56 Å². The molecular weight excluding hydrogens is 341 g/mol. The van der Waals surface area contributed by atoms with Crippen LogP contribution < -0.4 is 0 Å². The third kappa shape index (κ3) is 4.10. The van der Waals surface area contributed by atoms with E-state index in [0.29, 0.717) is 12.0 Å². The lowest BCUT2D eigenvalue weighted by molar-refractivity contribution is -0.137. The first-order chi connectivity index (χ1) is 9.77. The Morgan fingerprint density at radius 3 is 2.33 bits per heavy atom. The Balaban J connectivity index is 2.20. The maximum Gasteiger partial charge on any atom is 0.416 e. The molecule has 0 spiro atoms. The van der Waals surface area contributed by atoms with Crippen molar-refractivity contribution < 1.29 is 13.2 Å². The van der Waals surface area contributed by atoms with Crippen molar-refractivity contribution in [3.8, 4) is 0 Å². The van der Waals surface area contributed by atoms with Crippen LogP contribution in [0.1, 0.15) is 32.6 Å². The zero-order valence-corrected chi connectivity index (χ0v) is 13.4. The first-order valence-electron chi connectivity index (χ1n) is 6.65. The molecule has 112 valence electrons. The maximum atomic E-state index is 12.7. The predicted molar refractivity (Wildman–Crippen MR) is 82.7 cm³/mol. The quantitative estimate of drug-likeness (QED) is 0.591. The number of alkyl halides is 4. The average Bonchev–Trinajstić information content (AvgIpc) is 2.42. The number of rotatable bonds is 3. The monoisotopic (exact) mass is 356 g/mol. The summed E-state index contributed by atoms with van der Waals surface area (Å²) in [6.45, 7) is 4.07. The molecule has 2 aromatic carbocycles. The fourth-order valence-corrected chi connectivity index (χ4v) is 2.82. The molecule has 2 rings (SSSR count). The van der Waals surface area contributed by atoms with Gasteiger partial charge in [0.25, 0.3) is 0 Å². The number of hydrogen-bond donors (Lipinski definition) is 0. The highest BCUT2D eigenvalue weighted by atomic mass is 79.9. The van der Waals surface area contributed by atoms with Crippen molar-refractivity contribution in [2.75, 3.05) is 0 Å². The third-order valence-electron chi connectivity index (χ3n) is 3.56. The van der Waals surface area contributed by atoms with E-state index in [1.54, 1.807) is 6.07 Å². The Kier molecular flexibility index (Phi) is 4.77. The molecule has 0 aliphatic heterocycles. The van der Waals surface area contributed by atoms with Crippen LogP contribution in [0.15, 0.2) is 42.5 Å². The summed E-state index contributed by atoms with van der Waals surface area (Å²) in [5.41, 5.74) is 3.55. The molecule has 21 heavy (non-hydrogen) atoms. The second-order valence-electron chi connectivity index (χ2n) is 5.21. The van der Waals surface area contributed by atoms with E-state index in [9.17, 15) is 13.2 Å². The van der Waals surface area contributed by atoms with E-state index in [0.717, 1.165) is 11.6 Å². The van der Waals surface area contributed by atoms with E-state index in [1.807, 2.05) is 26.0 Å². The van der Waals surface area contributed by atoms with Crippen molar-refractivity contribution in [1.29, 1.82) is 0 Å². The summed E-state index contributed by atoms with van der Waals surface area (Å²) in [5.74, 6) is 0. The van der Waals surface area contributed by atoms with Crippen LogP contribution in [0.4, 0.5) is 13.2 Å². The second-order valence-corrected chi connectivity index (χ2v) is 6.32. The van der Waals surface area contributed by atoms with Crippen LogP contribution in [-0.4, -0.2) is 0 Å². The summed E-state index contributed by atoms with van der Waals surface area (Å²) >= 11 is 3.50. The van der Waals surface area contributed by atoms with Crippen molar-refractivity contribution in [3.63, 3.8) is 0 Å². The summed E-state index contributed by atoms with van der Waals surface area (Å²) < 4.78 is 38.2. The topological polar surface area (TPSA) is 0 Å². The van der Waals surface area contributed by atoms with Gasteiger partial charge in [0.15, 0.2) is 0 Å². The van der Waals surface area contributed by atoms with Crippen molar-refractivity contribution in [3.05, 3.63) is 70.3 Å². The Hall–Kier alpha value is -1.29. The number of benzene rings is 2. The number of hydrogen-bond acceptors (Lipinski definition) is 0. The second kappa shape index (κ2) is 6.22. The van der Waals surface area contributed by atoms with Gasteiger partial charge in [0, 0.05) is 4.83 Å². The molecule has 4 heteroatoms. The largest absolute Gasteiger partial charge is 0.416 e. The minimum atomic E-state index is -4.30. The minimum absolute atomic E-state index is 0.137. The summed E-state index contributed by atoms with van der Waals surface area (Å²) in [7, 11) is 0. The number of aryl methyl sites for hydroxylation is 2. The van der Waals surface area contributed by atoms with Crippen LogP contribution >= 0.6 is 15.9 Å². The van der Waals surface area contributed by atoms with Gasteiger partial charge >= 0.3 is 6.18 Å². The van der Waals surface area contributed by atoms with Gasteiger partial charge in [-0.05, 0) is 48.6 Å². The molecular formula is C17H16BrF3. The van der Waals surface area contributed by atoms with Gasteiger partial charge in [-0.1, -0.05) is 52.3 Å². The number of halogens is 4. The molecule has 0 saturated heterocycles. The molecule has 0 nitrogen and oxygen atoms in total. The SMILES string of the molecule is Cc1ccc(CC(Br)c2cccc(C(F)(F)F)c2)cc1C. The third-order valence-corrected chi connectivity index (χ3v) is 4.41. The lowest BCUT2D eigenvalue weighted by atomic mass is 9.99. The zero-order valence-electron chi connectivity index (χ0n) is 11.8. The standard InChI is InChI=1S/C17H16BrF3/c1-11-6-7-13(8-12(11)2)9-16(18)14-4-3-5-15(10-14)17(19,20)21/h3-8,10,16H,9H2,1-2H3. The van der Waals surface area contributed by atoms with Crippen molar-refractivity contribution >= 4 is 15.9 Å². The van der Waals surface area contributed by atoms with Gasteiger partial charge in [-0.2, -0.15) is 13.2 Å². The van der Waals surface area contributed by atoms with Gasteiger partial charge in [0.1, 0.15) is 0 Å². The Labute approximate surface area is 131 Å². The summed E-state index contributed by atoms with van der Waals surface area (Å²) in [4.78, 5) is -0.137. The Morgan fingerprint density at radius 2 is 1.71 bits per heavy atom. The van der Waals surface area contributed by atoms with E-state index in [-0.39, 0.29) is 4.83 Å². The molecule has 0 fully saturated rings. The highest BCUT2D eigenvalue weighted by molar-refractivity contribution is 9.09. The molecule has 1 unspecified atom stereocenters. The highest BCUT2D eigenvalue weighted by Crippen LogP contribution is 2.34. The smallest absolute Gasteiger partial charge is 0.166 e. The zero-order chi connectivity index (χ0) is 15.6. The average molecular weight is 357 g/mol. The normalized spacial score (nSPS) is 13.2. The summed E-state index contributed by atoms with van der Waals surface area (Å²) in [6.07, 6.45) is -3.65. The molecule has 0 heterocycles. The molecule has 0 aliphatic rings. The van der Waals surface area contributed by atoms with E-state index in [4.69, 9.17) is 0 Å². The van der Waals surface area contributed by atoms with Gasteiger partial charge in [-0.15, -0.1) is 0 Å². The van der Waals surface area contributed by atoms with Gasteiger partial charge < -0.3 is 0 Å². The van der Waals surface area contributed by atoms with Crippen molar-refractivity contribution in [2.45, 2.75) is 31.3 Å². The lowest BCUT2D eigenvalue weighted by Crippen LogP contribution is -2.06. The molecule has 2 aromatic rings. The molecule has 0 aromatic heterocycles. The molecule has 0 amide bonds. The van der Waals surface area contributed by atoms with Gasteiger partial charge in [-0.25, -0.2) is 0 Å². The molecule has 0 bridgehead atoms. The van der Waals surface area contributed by atoms with Crippen molar-refractivity contribution in [2.24, 2.45) is 0 Å². The van der Waals surface area contributed by atoms with Gasteiger partial charge in [0.2, 0.25) is 0 Å².